The van der Waals surface area contributed by atoms with E-state index < -0.39 is 17.8 Å². The lowest BCUT2D eigenvalue weighted by Gasteiger charge is -2.43. The molecule has 1 aliphatic heterocycles. The Hall–Kier alpha value is -2.61. The van der Waals surface area contributed by atoms with E-state index in [9.17, 15) is 14.0 Å². The second-order valence-corrected chi connectivity index (χ2v) is 8.12. The van der Waals surface area contributed by atoms with E-state index >= 15 is 0 Å². The molecule has 160 valence electrons. The normalized spacial score (nSPS) is 19.7. The number of nitrogens with zero attached hydrogens (tertiary/aromatic N) is 1. The van der Waals surface area contributed by atoms with Crippen LogP contribution in [0.3, 0.4) is 0 Å². The maximum Gasteiger partial charge on any atom is 0.411 e. The number of ether oxygens (including phenoxy) is 2. The summed E-state index contributed by atoms with van der Waals surface area (Å²) in [5.41, 5.74) is 0.735. The largest absolute Gasteiger partial charge is 0.453 e. The van der Waals surface area contributed by atoms with Gasteiger partial charge >= 0.3 is 12.2 Å². The van der Waals surface area contributed by atoms with Crippen LogP contribution >= 0.6 is 15.9 Å². The molecule has 1 heterocycles. The van der Waals surface area contributed by atoms with Crippen LogP contribution < -0.4 is 5.32 Å². The molecule has 0 bridgehead atoms. The maximum atomic E-state index is 13.5. The van der Waals surface area contributed by atoms with Crippen LogP contribution in [0.1, 0.15) is 36.9 Å². The number of benzene rings is 2. The lowest BCUT2D eigenvalue weighted by Crippen LogP contribution is -2.49. The van der Waals surface area contributed by atoms with Gasteiger partial charge in [0, 0.05) is 30.4 Å². The molecule has 1 N–H and O–H groups in total. The first-order valence-electron chi connectivity index (χ1n) is 9.67. The van der Waals surface area contributed by atoms with Crippen molar-refractivity contribution < 1.29 is 23.5 Å². The summed E-state index contributed by atoms with van der Waals surface area (Å²) in [5.74, 6) is -0.366. The number of cyclic esters (lactones) is 1. The average Bonchev–Trinajstić information content (AvgIpc) is 2.74. The van der Waals surface area contributed by atoms with Gasteiger partial charge in [-0.1, -0.05) is 40.2 Å². The van der Waals surface area contributed by atoms with Gasteiger partial charge in [-0.3, -0.25) is 0 Å². The van der Waals surface area contributed by atoms with Gasteiger partial charge in [0.25, 0.3) is 0 Å². The molecule has 0 unspecified atom stereocenters. The molecule has 0 radical (unpaired) electrons. The summed E-state index contributed by atoms with van der Waals surface area (Å²) in [4.78, 5) is 26.1. The number of alkyl carbamates (subject to hydrolysis) is 1. The van der Waals surface area contributed by atoms with E-state index in [0.717, 1.165) is 10.0 Å². The molecule has 8 heteroatoms. The smallest absolute Gasteiger partial charge is 0.411 e. The van der Waals surface area contributed by atoms with Gasteiger partial charge in [0.05, 0.1) is 13.2 Å². The number of rotatable bonds is 6. The molecule has 1 aliphatic rings. The van der Waals surface area contributed by atoms with Crippen molar-refractivity contribution in [1.82, 2.24) is 10.2 Å². The Balaban J connectivity index is 1.79. The van der Waals surface area contributed by atoms with Crippen LogP contribution in [0.15, 0.2) is 53.0 Å². The highest BCUT2D eigenvalue weighted by atomic mass is 79.9. The third kappa shape index (κ3) is 4.92. The van der Waals surface area contributed by atoms with Gasteiger partial charge in [-0.2, -0.15) is 0 Å². The lowest BCUT2D eigenvalue weighted by atomic mass is 9.85. The highest BCUT2D eigenvalue weighted by molar-refractivity contribution is 9.10. The number of hydrogen-bond acceptors (Lipinski definition) is 4. The van der Waals surface area contributed by atoms with Crippen molar-refractivity contribution in [3.05, 3.63) is 69.9 Å². The van der Waals surface area contributed by atoms with Crippen molar-refractivity contribution in [3.8, 4) is 0 Å². The molecule has 2 aromatic rings. The first kappa shape index (κ1) is 22.1. The van der Waals surface area contributed by atoms with E-state index in [1.165, 1.54) is 19.2 Å². The minimum atomic E-state index is -0.957. The SMILES string of the molecule is COC(=O)NCC[C@]1(c2ccc(F)cc2)CCN([C@@H](C)c2ccc(Br)cc2)C(=O)O1. The molecule has 0 aromatic heterocycles. The van der Waals surface area contributed by atoms with Crippen molar-refractivity contribution >= 4 is 28.1 Å². The number of halogens is 2. The Morgan fingerprint density at radius 2 is 1.93 bits per heavy atom. The predicted octanol–water partition coefficient (Wildman–Crippen LogP) is 5.13. The van der Waals surface area contributed by atoms with Crippen LogP contribution in [0.5, 0.6) is 0 Å². The standard InChI is InChI=1S/C22H24BrFN2O4/c1-15(16-3-7-18(23)8-4-16)26-14-12-22(30-21(26)28,11-13-25-20(27)29-2)17-5-9-19(24)10-6-17/h3-10,15H,11-14H2,1-2H3,(H,25,27)/t15-,22+/m0/s1. The van der Waals surface area contributed by atoms with Crippen molar-refractivity contribution in [1.29, 1.82) is 0 Å². The van der Waals surface area contributed by atoms with Crippen LogP contribution in [0.25, 0.3) is 0 Å². The van der Waals surface area contributed by atoms with E-state index in [4.69, 9.17) is 4.74 Å². The molecular weight excluding hydrogens is 455 g/mol. The molecule has 2 aromatic carbocycles. The van der Waals surface area contributed by atoms with E-state index in [-0.39, 0.29) is 18.4 Å². The summed E-state index contributed by atoms with van der Waals surface area (Å²) in [6.45, 7) is 2.67. The molecule has 2 amide bonds. The molecule has 0 spiro atoms. The Kier molecular flexibility index (Phi) is 6.97. The fourth-order valence-electron chi connectivity index (χ4n) is 3.66. The molecule has 2 atom stereocenters. The highest BCUT2D eigenvalue weighted by Gasteiger charge is 2.43. The van der Waals surface area contributed by atoms with Gasteiger partial charge < -0.3 is 19.7 Å². The average molecular weight is 479 g/mol. The van der Waals surface area contributed by atoms with Gasteiger partial charge in [0.15, 0.2) is 0 Å². The Morgan fingerprint density at radius 1 is 1.27 bits per heavy atom. The number of nitrogens with one attached hydrogen (secondary N) is 1. The van der Waals surface area contributed by atoms with Gasteiger partial charge in [0.1, 0.15) is 11.4 Å². The molecule has 3 rings (SSSR count). The third-order valence-corrected chi connectivity index (χ3v) is 5.98. The fourth-order valence-corrected chi connectivity index (χ4v) is 3.92. The Bertz CT molecular complexity index is 891. The number of amides is 2. The van der Waals surface area contributed by atoms with Gasteiger partial charge in [0.2, 0.25) is 0 Å². The van der Waals surface area contributed by atoms with E-state index in [1.807, 2.05) is 31.2 Å². The van der Waals surface area contributed by atoms with E-state index in [0.29, 0.717) is 24.9 Å². The summed E-state index contributed by atoms with van der Waals surface area (Å²) < 4.78 is 25.0. The van der Waals surface area contributed by atoms with Crippen LogP contribution in [-0.2, 0) is 15.1 Å². The lowest BCUT2D eigenvalue weighted by molar-refractivity contribution is -0.0648. The second-order valence-electron chi connectivity index (χ2n) is 7.21. The summed E-state index contributed by atoms with van der Waals surface area (Å²) in [6.07, 6.45) is -0.149. The molecule has 0 aliphatic carbocycles. The third-order valence-electron chi connectivity index (χ3n) is 5.45. The molecule has 1 saturated heterocycles. The van der Waals surface area contributed by atoms with Gasteiger partial charge in [-0.25, -0.2) is 14.0 Å². The molecule has 6 nitrogen and oxygen atoms in total. The summed E-state index contributed by atoms with van der Waals surface area (Å²) in [6, 6.07) is 13.6. The van der Waals surface area contributed by atoms with Crippen LogP contribution in [0.4, 0.5) is 14.0 Å². The van der Waals surface area contributed by atoms with E-state index in [1.54, 1.807) is 17.0 Å². The van der Waals surface area contributed by atoms with Crippen molar-refractivity contribution in [2.75, 3.05) is 20.2 Å². The topological polar surface area (TPSA) is 67.9 Å². The first-order valence-corrected chi connectivity index (χ1v) is 10.5. The monoisotopic (exact) mass is 478 g/mol. The number of hydrogen-bond donors (Lipinski definition) is 1. The quantitative estimate of drug-likeness (QED) is 0.624. The van der Waals surface area contributed by atoms with Crippen molar-refractivity contribution in [2.45, 2.75) is 31.4 Å². The second kappa shape index (κ2) is 9.47. The summed E-state index contributed by atoms with van der Waals surface area (Å²) in [7, 11) is 1.28. The zero-order valence-corrected chi connectivity index (χ0v) is 18.4. The summed E-state index contributed by atoms with van der Waals surface area (Å²) in [5, 5.41) is 2.62. The van der Waals surface area contributed by atoms with Crippen molar-refractivity contribution in [2.24, 2.45) is 0 Å². The first-order chi connectivity index (χ1) is 14.3. The minimum absolute atomic E-state index is 0.162. The van der Waals surface area contributed by atoms with Gasteiger partial charge in [-0.15, -0.1) is 0 Å². The number of methoxy groups -OCH3 is 1. The Morgan fingerprint density at radius 3 is 2.53 bits per heavy atom. The van der Waals surface area contributed by atoms with Crippen LogP contribution in [-0.4, -0.2) is 37.3 Å². The molecular formula is C22H24BrFN2O4. The van der Waals surface area contributed by atoms with Crippen molar-refractivity contribution in [3.63, 3.8) is 0 Å². The molecule has 1 fully saturated rings. The van der Waals surface area contributed by atoms with Gasteiger partial charge in [-0.05, 0) is 42.3 Å². The zero-order valence-electron chi connectivity index (χ0n) is 16.9. The zero-order chi connectivity index (χ0) is 21.7. The minimum Gasteiger partial charge on any atom is -0.453 e. The van der Waals surface area contributed by atoms with Crippen LogP contribution in [0.2, 0.25) is 0 Å². The fraction of sp³-hybridized carbons (Fsp3) is 0.364. The Labute approximate surface area is 183 Å². The molecule has 0 saturated carbocycles. The number of carbonyl (C=O) groups is 2. The highest BCUT2D eigenvalue weighted by Crippen LogP contribution is 2.39. The predicted molar refractivity (Wildman–Crippen MR) is 113 cm³/mol. The van der Waals surface area contributed by atoms with Crippen LogP contribution in [0, 0.1) is 5.82 Å². The molecule has 30 heavy (non-hydrogen) atoms. The van der Waals surface area contributed by atoms with E-state index in [2.05, 4.69) is 26.0 Å². The number of carbonyl (C=O) groups excluding carboxylic acids is 2. The maximum absolute atomic E-state index is 13.5. The summed E-state index contributed by atoms with van der Waals surface area (Å²) >= 11 is 3.42.